The normalized spacial score (nSPS) is 13.5. The quantitative estimate of drug-likeness (QED) is 0.151. The third-order valence-corrected chi connectivity index (χ3v) is 9.46. The van der Waals surface area contributed by atoms with E-state index in [4.69, 9.17) is 4.98 Å². The molecule has 2 aliphatic heterocycles. The van der Waals surface area contributed by atoms with Gasteiger partial charge in [-0.1, -0.05) is 118 Å². The monoisotopic (exact) mass is 577 g/mol. The maximum Gasteiger partial charge on any atom is 0.252 e. The van der Waals surface area contributed by atoms with Crippen LogP contribution in [0.5, 0.6) is 0 Å². The smallest absolute Gasteiger partial charge is 0.252 e. The number of pyridine rings is 1. The Morgan fingerprint density at radius 1 is 0.511 bits per heavy atom. The molecule has 0 radical (unpaired) electrons. The number of rotatable bonds is 2. The molecule has 0 atom stereocenters. The van der Waals surface area contributed by atoms with Gasteiger partial charge in [0.15, 0.2) is 0 Å². The van der Waals surface area contributed by atoms with Crippen LogP contribution in [0.25, 0.3) is 21.7 Å². The Morgan fingerprint density at radius 2 is 1.02 bits per heavy atom. The lowest BCUT2D eigenvalue weighted by atomic mass is 9.33. The number of anilines is 6. The number of para-hydroxylation sites is 4. The van der Waals surface area contributed by atoms with Crippen LogP contribution in [0.15, 0.2) is 140 Å². The van der Waals surface area contributed by atoms with Crippen LogP contribution < -0.4 is 26.2 Å². The van der Waals surface area contributed by atoms with Gasteiger partial charge in [0.05, 0.1) is 16.9 Å². The molecule has 0 amide bonds. The molecule has 2 aliphatic rings. The second-order valence-electron chi connectivity index (χ2n) is 13.2. The fraction of sp³-hybridized carbons (Fsp3) is 0.0976. The predicted molar refractivity (Wildman–Crippen MR) is 192 cm³/mol. The lowest BCUT2D eigenvalue weighted by molar-refractivity contribution is 0.578. The van der Waals surface area contributed by atoms with E-state index in [-0.39, 0.29) is 12.1 Å². The summed E-state index contributed by atoms with van der Waals surface area (Å²) in [5.41, 5.74) is 13.1. The first-order valence-corrected chi connectivity index (χ1v) is 15.8. The van der Waals surface area contributed by atoms with E-state index in [1.807, 2.05) is 0 Å². The van der Waals surface area contributed by atoms with Crippen molar-refractivity contribution in [3.8, 4) is 0 Å². The van der Waals surface area contributed by atoms with Crippen molar-refractivity contribution >= 4 is 78.9 Å². The highest BCUT2D eigenvalue weighted by atomic mass is 15.2. The number of benzene rings is 6. The van der Waals surface area contributed by atoms with Crippen molar-refractivity contribution in [3.63, 3.8) is 0 Å². The van der Waals surface area contributed by atoms with E-state index in [1.54, 1.807) is 0 Å². The molecular formula is C41H32BN3. The summed E-state index contributed by atoms with van der Waals surface area (Å²) in [7, 11) is 0. The Bertz CT molecular complexity index is 2260. The van der Waals surface area contributed by atoms with Crippen LogP contribution in [0, 0.1) is 0 Å². The number of nitrogens with zero attached hydrogens (tertiary/aromatic N) is 3. The zero-order valence-corrected chi connectivity index (χ0v) is 25.7. The fourth-order valence-corrected chi connectivity index (χ4v) is 7.64. The predicted octanol–water partition coefficient (Wildman–Crippen LogP) is 8.77. The highest BCUT2D eigenvalue weighted by Crippen LogP contribution is 2.48. The summed E-state index contributed by atoms with van der Waals surface area (Å²) in [6.07, 6.45) is 0. The third kappa shape index (κ3) is 3.75. The fourth-order valence-electron chi connectivity index (χ4n) is 7.64. The first-order chi connectivity index (χ1) is 22.0. The standard InChI is InChI=1S/C41H32BN3/c1-41(2,3)40-30-21-11-10-20-29(30)31-26-36-37-39(38(31)43-40)45(28-18-8-5-9-19-28)35-25-15-13-23-33(35)42(37)32-22-12-14-24-34(32)44(36)27-16-6-4-7-17-27/h4-26H,1-3H3. The first kappa shape index (κ1) is 26.1. The van der Waals surface area contributed by atoms with Gasteiger partial charge in [0.2, 0.25) is 0 Å². The second-order valence-corrected chi connectivity index (χ2v) is 13.2. The minimum absolute atomic E-state index is 0.0677. The first-order valence-electron chi connectivity index (χ1n) is 15.8. The third-order valence-electron chi connectivity index (χ3n) is 9.46. The number of hydrogen-bond donors (Lipinski definition) is 0. The van der Waals surface area contributed by atoms with Crippen LogP contribution in [-0.2, 0) is 5.41 Å². The van der Waals surface area contributed by atoms with E-state index in [2.05, 4.69) is 170 Å². The highest BCUT2D eigenvalue weighted by Gasteiger charge is 2.44. The molecular weight excluding hydrogens is 545 g/mol. The van der Waals surface area contributed by atoms with Gasteiger partial charge >= 0.3 is 0 Å². The molecule has 1 aromatic heterocycles. The molecule has 9 rings (SSSR count). The van der Waals surface area contributed by atoms with Crippen LogP contribution >= 0.6 is 0 Å². The van der Waals surface area contributed by atoms with Crippen molar-refractivity contribution in [2.45, 2.75) is 26.2 Å². The van der Waals surface area contributed by atoms with E-state index < -0.39 is 0 Å². The largest absolute Gasteiger partial charge is 0.311 e. The summed E-state index contributed by atoms with van der Waals surface area (Å²) in [4.78, 5) is 10.6. The average molecular weight is 578 g/mol. The van der Waals surface area contributed by atoms with Crippen LogP contribution in [0.3, 0.4) is 0 Å². The SMILES string of the molecule is CC(C)(C)c1nc2c3c4c(cc2c2ccccc12)N(c1ccccc1)c1ccccc1B4c1ccccc1N3c1ccccc1. The van der Waals surface area contributed by atoms with Crippen LogP contribution in [0.1, 0.15) is 26.5 Å². The van der Waals surface area contributed by atoms with Crippen molar-refractivity contribution in [1.82, 2.24) is 4.98 Å². The average Bonchev–Trinajstić information content (AvgIpc) is 3.08. The molecule has 0 spiro atoms. The number of fused-ring (bicyclic) bond motifs is 8. The van der Waals surface area contributed by atoms with Crippen molar-refractivity contribution in [3.05, 3.63) is 145 Å². The topological polar surface area (TPSA) is 19.4 Å². The number of aromatic nitrogens is 1. The maximum absolute atomic E-state index is 5.66. The van der Waals surface area contributed by atoms with Gasteiger partial charge in [0, 0.05) is 44.6 Å². The molecule has 0 fully saturated rings. The molecule has 45 heavy (non-hydrogen) atoms. The van der Waals surface area contributed by atoms with E-state index in [9.17, 15) is 0 Å². The summed E-state index contributed by atoms with van der Waals surface area (Å²) in [5.74, 6) is 0. The van der Waals surface area contributed by atoms with Gasteiger partial charge in [-0.3, -0.25) is 0 Å². The molecule has 0 saturated carbocycles. The minimum Gasteiger partial charge on any atom is -0.311 e. The Morgan fingerprint density at radius 3 is 1.64 bits per heavy atom. The highest BCUT2D eigenvalue weighted by molar-refractivity contribution is 7.00. The summed E-state index contributed by atoms with van der Waals surface area (Å²) >= 11 is 0. The summed E-state index contributed by atoms with van der Waals surface area (Å²) < 4.78 is 0. The van der Waals surface area contributed by atoms with Gasteiger partial charge in [0.25, 0.3) is 6.71 Å². The van der Waals surface area contributed by atoms with Gasteiger partial charge < -0.3 is 9.80 Å². The van der Waals surface area contributed by atoms with Crippen molar-refractivity contribution < 1.29 is 0 Å². The Labute approximate surface area is 264 Å². The number of hydrogen-bond acceptors (Lipinski definition) is 3. The minimum atomic E-state index is -0.136. The Kier molecular flexibility index (Phi) is 5.55. The van der Waals surface area contributed by atoms with Gasteiger partial charge in [0.1, 0.15) is 0 Å². The molecule has 4 heteroatoms. The van der Waals surface area contributed by atoms with Gasteiger partial charge in [-0.05, 0) is 64.2 Å². The molecule has 0 aliphatic carbocycles. The lowest BCUT2D eigenvalue weighted by Crippen LogP contribution is -2.61. The zero-order chi connectivity index (χ0) is 30.3. The zero-order valence-electron chi connectivity index (χ0n) is 25.7. The lowest BCUT2D eigenvalue weighted by Gasteiger charge is -2.44. The molecule has 0 saturated heterocycles. The van der Waals surface area contributed by atoms with Crippen molar-refractivity contribution in [2.75, 3.05) is 9.80 Å². The molecule has 3 nitrogen and oxygen atoms in total. The van der Waals surface area contributed by atoms with E-state index in [0.717, 1.165) is 22.6 Å². The molecule has 214 valence electrons. The van der Waals surface area contributed by atoms with Gasteiger partial charge in [-0.25, -0.2) is 4.98 Å². The second kappa shape index (κ2) is 9.58. The van der Waals surface area contributed by atoms with Gasteiger partial charge in [-0.2, -0.15) is 0 Å². The summed E-state index contributed by atoms with van der Waals surface area (Å²) in [5, 5.41) is 3.62. The maximum atomic E-state index is 5.66. The van der Waals surface area contributed by atoms with E-state index in [0.29, 0.717) is 0 Å². The summed E-state index contributed by atoms with van der Waals surface area (Å²) in [6, 6.07) is 50.7. The van der Waals surface area contributed by atoms with E-state index >= 15 is 0 Å². The Hall–Kier alpha value is -5.35. The van der Waals surface area contributed by atoms with Crippen LogP contribution in [0.2, 0.25) is 0 Å². The van der Waals surface area contributed by atoms with Crippen LogP contribution in [-0.4, -0.2) is 11.7 Å². The molecule has 0 bridgehead atoms. The molecule has 3 heterocycles. The summed E-state index contributed by atoms with van der Waals surface area (Å²) in [6.45, 7) is 6.90. The molecule has 6 aromatic carbocycles. The van der Waals surface area contributed by atoms with Crippen LogP contribution in [0.4, 0.5) is 34.1 Å². The van der Waals surface area contributed by atoms with E-state index in [1.165, 1.54) is 55.3 Å². The van der Waals surface area contributed by atoms with Gasteiger partial charge in [-0.15, -0.1) is 0 Å². The van der Waals surface area contributed by atoms with Crippen molar-refractivity contribution in [1.29, 1.82) is 0 Å². The molecule has 0 N–H and O–H groups in total. The molecule has 7 aromatic rings. The van der Waals surface area contributed by atoms with Crippen molar-refractivity contribution in [2.24, 2.45) is 0 Å². The molecule has 0 unspecified atom stereocenters. The Balaban J connectivity index is 1.53.